The van der Waals surface area contributed by atoms with Gasteiger partial charge in [-0.1, -0.05) is 25.4 Å². The second-order valence-corrected chi connectivity index (χ2v) is 5.68. The smallest absolute Gasteiger partial charge is 0.166 e. The van der Waals surface area contributed by atoms with Crippen LogP contribution >= 0.6 is 11.6 Å². The number of benzene rings is 1. The molecule has 0 unspecified atom stereocenters. The fourth-order valence-electron chi connectivity index (χ4n) is 2.24. The molecule has 0 bridgehead atoms. The first-order valence-electron chi connectivity index (χ1n) is 6.26. The summed E-state index contributed by atoms with van der Waals surface area (Å²) in [5.74, 6) is 0. The SMILES string of the molecule is CCO[C@@H]1OCN(c2ccc(Cl)cc2)CC1(C)C. The first-order valence-corrected chi connectivity index (χ1v) is 6.64. The molecule has 0 aliphatic carbocycles. The minimum Gasteiger partial charge on any atom is -0.352 e. The molecule has 1 aromatic rings. The highest BCUT2D eigenvalue weighted by Gasteiger charge is 2.37. The zero-order valence-electron chi connectivity index (χ0n) is 11.1. The van der Waals surface area contributed by atoms with Crippen molar-refractivity contribution in [1.29, 1.82) is 0 Å². The lowest BCUT2D eigenvalue weighted by Gasteiger charge is -2.44. The summed E-state index contributed by atoms with van der Waals surface area (Å²) >= 11 is 5.90. The Balaban J connectivity index is 2.08. The van der Waals surface area contributed by atoms with Crippen molar-refractivity contribution in [3.8, 4) is 0 Å². The molecule has 4 heteroatoms. The largest absolute Gasteiger partial charge is 0.352 e. The summed E-state index contributed by atoms with van der Waals surface area (Å²) in [7, 11) is 0. The van der Waals surface area contributed by atoms with E-state index >= 15 is 0 Å². The number of hydrogen-bond donors (Lipinski definition) is 0. The summed E-state index contributed by atoms with van der Waals surface area (Å²) < 4.78 is 11.4. The molecular formula is C14H20ClNO2. The van der Waals surface area contributed by atoms with Gasteiger partial charge in [-0.2, -0.15) is 0 Å². The minimum atomic E-state index is -0.133. The molecule has 18 heavy (non-hydrogen) atoms. The zero-order chi connectivity index (χ0) is 13.2. The predicted molar refractivity (Wildman–Crippen MR) is 73.9 cm³/mol. The van der Waals surface area contributed by atoms with E-state index in [1.54, 1.807) is 0 Å². The Morgan fingerprint density at radius 1 is 1.39 bits per heavy atom. The second kappa shape index (κ2) is 5.47. The summed E-state index contributed by atoms with van der Waals surface area (Å²) in [6, 6.07) is 7.84. The van der Waals surface area contributed by atoms with Gasteiger partial charge in [0.2, 0.25) is 0 Å². The van der Waals surface area contributed by atoms with Crippen molar-refractivity contribution in [1.82, 2.24) is 0 Å². The maximum absolute atomic E-state index is 5.90. The fourth-order valence-corrected chi connectivity index (χ4v) is 2.36. The van der Waals surface area contributed by atoms with Crippen LogP contribution in [0.5, 0.6) is 0 Å². The molecule has 2 rings (SSSR count). The average Bonchev–Trinajstić information content (AvgIpc) is 2.32. The van der Waals surface area contributed by atoms with Gasteiger partial charge in [-0.25, -0.2) is 0 Å². The highest BCUT2D eigenvalue weighted by molar-refractivity contribution is 6.30. The van der Waals surface area contributed by atoms with Gasteiger partial charge in [-0.15, -0.1) is 0 Å². The minimum absolute atomic E-state index is 0.0338. The third-order valence-corrected chi connectivity index (χ3v) is 3.38. The molecule has 0 spiro atoms. The number of hydrogen-bond acceptors (Lipinski definition) is 3. The Hall–Kier alpha value is -0.770. The van der Waals surface area contributed by atoms with Crippen molar-refractivity contribution in [3.05, 3.63) is 29.3 Å². The maximum atomic E-state index is 5.90. The van der Waals surface area contributed by atoms with Crippen LogP contribution in [0.3, 0.4) is 0 Å². The molecule has 1 fully saturated rings. The Morgan fingerprint density at radius 2 is 2.06 bits per heavy atom. The molecule has 0 aromatic heterocycles. The number of rotatable bonds is 3. The highest BCUT2D eigenvalue weighted by Crippen LogP contribution is 2.32. The van der Waals surface area contributed by atoms with Gasteiger partial charge in [0.1, 0.15) is 6.73 Å². The summed E-state index contributed by atoms with van der Waals surface area (Å²) in [4.78, 5) is 2.20. The molecule has 100 valence electrons. The van der Waals surface area contributed by atoms with Crippen molar-refractivity contribution < 1.29 is 9.47 Å². The van der Waals surface area contributed by atoms with Crippen LogP contribution in [0.4, 0.5) is 5.69 Å². The van der Waals surface area contributed by atoms with Gasteiger partial charge in [-0.05, 0) is 31.2 Å². The molecule has 0 saturated carbocycles. The average molecular weight is 270 g/mol. The van der Waals surface area contributed by atoms with Crippen LogP contribution in [0.2, 0.25) is 5.02 Å². The molecule has 0 radical (unpaired) electrons. The Bertz CT molecular complexity index is 391. The van der Waals surface area contributed by atoms with Crippen LogP contribution in [0, 0.1) is 5.41 Å². The van der Waals surface area contributed by atoms with Gasteiger partial charge in [-0.3, -0.25) is 0 Å². The van der Waals surface area contributed by atoms with E-state index in [2.05, 4.69) is 18.7 Å². The van der Waals surface area contributed by atoms with E-state index in [0.717, 1.165) is 17.3 Å². The Kier molecular flexibility index (Phi) is 4.15. The molecular weight excluding hydrogens is 250 g/mol. The number of halogens is 1. The van der Waals surface area contributed by atoms with Crippen LogP contribution in [-0.4, -0.2) is 26.2 Å². The van der Waals surface area contributed by atoms with Crippen LogP contribution in [-0.2, 0) is 9.47 Å². The van der Waals surface area contributed by atoms with Gasteiger partial charge in [0.15, 0.2) is 6.29 Å². The lowest BCUT2D eigenvalue weighted by molar-refractivity contribution is -0.211. The maximum Gasteiger partial charge on any atom is 0.166 e. The van der Waals surface area contributed by atoms with E-state index in [9.17, 15) is 0 Å². The monoisotopic (exact) mass is 269 g/mol. The first-order chi connectivity index (χ1) is 8.53. The molecule has 0 amide bonds. The third kappa shape index (κ3) is 2.97. The summed E-state index contributed by atoms with van der Waals surface area (Å²) in [5.41, 5.74) is 1.09. The first kappa shape index (κ1) is 13.7. The summed E-state index contributed by atoms with van der Waals surface area (Å²) in [6.45, 7) is 8.44. The lowest BCUT2D eigenvalue weighted by atomic mass is 9.90. The van der Waals surface area contributed by atoms with E-state index in [4.69, 9.17) is 21.1 Å². The van der Waals surface area contributed by atoms with Gasteiger partial charge < -0.3 is 14.4 Å². The molecule has 1 atom stereocenters. The topological polar surface area (TPSA) is 21.7 Å². The summed E-state index contributed by atoms with van der Waals surface area (Å²) in [5, 5.41) is 0.753. The standard InChI is InChI=1S/C14H20ClNO2/c1-4-17-13-14(2,3)9-16(10-18-13)12-7-5-11(15)6-8-12/h5-8,13H,4,9-10H2,1-3H3/t13-/m1/s1. The Labute approximate surface area is 114 Å². The number of nitrogens with zero attached hydrogens (tertiary/aromatic N) is 1. The van der Waals surface area contributed by atoms with Crippen molar-refractivity contribution >= 4 is 17.3 Å². The highest BCUT2D eigenvalue weighted by atomic mass is 35.5. The van der Waals surface area contributed by atoms with Gasteiger partial charge in [0, 0.05) is 29.3 Å². The molecule has 0 N–H and O–H groups in total. The molecule has 1 saturated heterocycles. The number of anilines is 1. The zero-order valence-corrected chi connectivity index (χ0v) is 11.9. The Morgan fingerprint density at radius 3 is 2.61 bits per heavy atom. The van der Waals surface area contributed by atoms with E-state index < -0.39 is 0 Å². The quantitative estimate of drug-likeness (QED) is 0.838. The van der Waals surface area contributed by atoms with Crippen LogP contribution < -0.4 is 4.90 Å². The third-order valence-electron chi connectivity index (χ3n) is 3.13. The van der Waals surface area contributed by atoms with Crippen molar-refractivity contribution in [2.45, 2.75) is 27.1 Å². The molecule has 1 heterocycles. The van der Waals surface area contributed by atoms with Gasteiger partial charge in [0.25, 0.3) is 0 Å². The number of ether oxygens (including phenoxy) is 2. The molecule has 1 aromatic carbocycles. The van der Waals surface area contributed by atoms with Crippen molar-refractivity contribution in [2.75, 3.05) is 24.8 Å². The van der Waals surface area contributed by atoms with E-state index in [0.29, 0.717) is 13.3 Å². The van der Waals surface area contributed by atoms with Gasteiger partial charge in [0.05, 0.1) is 0 Å². The summed E-state index contributed by atoms with van der Waals surface area (Å²) in [6.07, 6.45) is -0.133. The predicted octanol–water partition coefficient (Wildman–Crippen LogP) is 3.52. The van der Waals surface area contributed by atoms with E-state index in [1.807, 2.05) is 31.2 Å². The second-order valence-electron chi connectivity index (χ2n) is 5.25. The van der Waals surface area contributed by atoms with E-state index in [-0.39, 0.29) is 11.7 Å². The van der Waals surface area contributed by atoms with Crippen molar-refractivity contribution in [2.24, 2.45) is 5.41 Å². The lowest BCUT2D eigenvalue weighted by Crippen LogP contribution is -2.51. The normalized spacial score (nSPS) is 23.1. The molecule has 3 nitrogen and oxygen atoms in total. The fraction of sp³-hybridized carbons (Fsp3) is 0.571. The van der Waals surface area contributed by atoms with E-state index in [1.165, 1.54) is 0 Å². The van der Waals surface area contributed by atoms with Crippen LogP contribution in [0.15, 0.2) is 24.3 Å². The molecule has 1 aliphatic rings. The van der Waals surface area contributed by atoms with Gasteiger partial charge >= 0.3 is 0 Å². The van der Waals surface area contributed by atoms with Crippen molar-refractivity contribution in [3.63, 3.8) is 0 Å². The van der Waals surface area contributed by atoms with Crippen LogP contribution in [0.1, 0.15) is 20.8 Å². The van der Waals surface area contributed by atoms with Crippen LogP contribution in [0.25, 0.3) is 0 Å². The molecule has 1 aliphatic heterocycles.